The second-order valence-electron chi connectivity index (χ2n) is 5.04. The summed E-state index contributed by atoms with van der Waals surface area (Å²) < 4.78 is 5.11. The largest absolute Gasteiger partial charge is 0.495 e. The van der Waals surface area contributed by atoms with Crippen molar-refractivity contribution in [3.05, 3.63) is 29.3 Å². The van der Waals surface area contributed by atoms with Crippen LogP contribution in [0.3, 0.4) is 0 Å². The molecule has 1 atom stereocenters. The molecule has 0 heterocycles. The maximum Gasteiger partial charge on any atom is 0.136 e. The summed E-state index contributed by atoms with van der Waals surface area (Å²) in [4.78, 5) is 0. The molecule has 0 aliphatic rings. The van der Waals surface area contributed by atoms with Gasteiger partial charge in [-0.3, -0.25) is 0 Å². The summed E-state index contributed by atoms with van der Waals surface area (Å²) in [5.41, 5.74) is 1.55. The molecule has 0 aliphatic heterocycles. The van der Waals surface area contributed by atoms with E-state index in [1.807, 2.05) is 12.1 Å². The van der Waals surface area contributed by atoms with Crippen molar-refractivity contribution < 1.29 is 9.84 Å². The molecule has 1 unspecified atom stereocenters. The Balaban J connectivity index is 2.65. The Kier molecular flexibility index (Phi) is 6.34. The SMILES string of the molecule is COc1ccc(CNC(CO)CC(C)C)cc1C#N. The van der Waals surface area contributed by atoms with Gasteiger partial charge in [-0.2, -0.15) is 5.26 Å². The molecule has 4 heteroatoms. The number of nitriles is 1. The van der Waals surface area contributed by atoms with Crippen LogP contribution in [0.15, 0.2) is 18.2 Å². The lowest BCUT2D eigenvalue weighted by molar-refractivity contribution is 0.223. The van der Waals surface area contributed by atoms with Gasteiger partial charge in [0.2, 0.25) is 0 Å². The summed E-state index contributed by atoms with van der Waals surface area (Å²) in [6.45, 7) is 5.02. The first-order valence-electron chi connectivity index (χ1n) is 6.52. The molecule has 104 valence electrons. The number of hydrogen-bond donors (Lipinski definition) is 2. The van der Waals surface area contributed by atoms with E-state index in [0.29, 0.717) is 23.8 Å². The second-order valence-corrected chi connectivity index (χ2v) is 5.04. The van der Waals surface area contributed by atoms with Crippen molar-refractivity contribution in [3.8, 4) is 11.8 Å². The fourth-order valence-electron chi connectivity index (χ4n) is 2.01. The van der Waals surface area contributed by atoms with Gasteiger partial charge >= 0.3 is 0 Å². The van der Waals surface area contributed by atoms with Gasteiger partial charge in [-0.1, -0.05) is 19.9 Å². The van der Waals surface area contributed by atoms with Crippen LogP contribution in [0.4, 0.5) is 0 Å². The number of nitrogens with zero attached hydrogens (tertiary/aromatic N) is 1. The Morgan fingerprint density at radius 1 is 1.42 bits per heavy atom. The van der Waals surface area contributed by atoms with Crippen molar-refractivity contribution in [1.82, 2.24) is 5.32 Å². The minimum Gasteiger partial charge on any atom is -0.495 e. The summed E-state index contributed by atoms with van der Waals surface area (Å²) in [6, 6.07) is 7.75. The van der Waals surface area contributed by atoms with E-state index in [-0.39, 0.29) is 12.6 Å². The van der Waals surface area contributed by atoms with E-state index in [4.69, 9.17) is 10.00 Å². The van der Waals surface area contributed by atoms with Crippen LogP contribution in [0.25, 0.3) is 0 Å². The average Bonchev–Trinajstić information content (AvgIpc) is 2.42. The first-order valence-corrected chi connectivity index (χ1v) is 6.52. The predicted octanol–water partition coefficient (Wildman–Crippen LogP) is 2.06. The number of hydrogen-bond acceptors (Lipinski definition) is 4. The molecule has 4 nitrogen and oxygen atoms in total. The van der Waals surface area contributed by atoms with E-state index in [9.17, 15) is 5.11 Å². The highest BCUT2D eigenvalue weighted by molar-refractivity contribution is 5.45. The highest BCUT2D eigenvalue weighted by atomic mass is 16.5. The highest BCUT2D eigenvalue weighted by Crippen LogP contribution is 2.18. The smallest absolute Gasteiger partial charge is 0.136 e. The molecular weight excluding hydrogens is 240 g/mol. The molecule has 2 N–H and O–H groups in total. The lowest BCUT2D eigenvalue weighted by atomic mass is 10.0. The van der Waals surface area contributed by atoms with Gasteiger partial charge in [-0.25, -0.2) is 0 Å². The Morgan fingerprint density at radius 3 is 2.68 bits per heavy atom. The molecule has 0 aliphatic carbocycles. The molecule has 0 amide bonds. The third-order valence-corrected chi connectivity index (χ3v) is 2.96. The zero-order valence-electron chi connectivity index (χ0n) is 11.8. The van der Waals surface area contributed by atoms with Crippen molar-refractivity contribution in [2.75, 3.05) is 13.7 Å². The highest BCUT2D eigenvalue weighted by Gasteiger charge is 2.10. The number of rotatable bonds is 7. The van der Waals surface area contributed by atoms with E-state index in [2.05, 4.69) is 25.2 Å². The zero-order chi connectivity index (χ0) is 14.3. The summed E-state index contributed by atoms with van der Waals surface area (Å²) in [5, 5.41) is 21.6. The van der Waals surface area contributed by atoms with E-state index in [1.54, 1.807) is 13.2 Å². The van der Waals surface area contributed by atoms with Crippen LogP contribution in [0.1, 0.15) is 31.4 Å². The Morgan fingerprint density at radius 2 is 2.16 bits per heavy atom. The second kappa shape index (κ2) is 7.78. The van der Waals surface area contributed by atoms with Crippen molar-refractivity contribution in [3.63, 3.8) is 0 Å². The van der Waals surface area contributed by atoms with Crippen molar-refractivity contribution >= 4 is 0 Å². The molecule has 0 fully saturated rings. The lowest BCUT2D eigenvalue weighted by Gasteiger charge is -2.18. The number of ether oxygens (including phenoxy) is 1. The fourth-order valence-corrected chi connectivity index (χ4v) is 2.01. The van der Waals surface area contributed by atoms with Gasteiger partial charge in [0.25, 0.3) is 0 Å². The van der Waals surface area contributed by atoms with Gasteiger partial charge in [-0.05, 0) is 30.0 Å². The third kappa shape index (κ3) is 4.90. The first-order chi connectivity index (χ1) is 9.10. The normalized spacial score (nSPS) is 12.2. The molecule has 0 spiro atoms. The van der Waals surface area contributed by atoms with Crippen LogP contribution in [0.5, 0.6) is 5.75 Å². The van der Waals surface area contributed by atoms with Crippen molar-refractivity contribution in [2.45, 2.75) is 32.9 Å². The Bertz CT molecular complexity index is 438. The van der Waals surface area contributed by atoms with Crippen molar-refractivity contribution in [1.29, 1.82) is 5.26 Å². The predicted molar refractivity (Wildman–Crippen MR) is 74.9 cm³/mol. The van der Waals surface area contributed by atoms with Crippen molar-refractivity contribution in [2.24, 2.45) is 5.92 Å². The van der Waals surface area contributed by atoms with Crippen LogP contribution >= 0.6 is 0 Å². The lowest BCUT2D eigenvalue weighted by Crippen LogP contribution is -2.33. The first kappa shape index (κ1) is 15.5. The van der Waals surface area contributed by atoms with Gasteiger partial charge in [-0.15, -0.1) is 0 Å². The number of benzene rings is 1. The summed E-state index contributed by atoms with van der Waals surface area (Å²) >= 11 is 0. The number of aliphatic hydroxyl groups is 1. The van der Waals surface area contributed by atoms with E-state index < -0.39 is 0 Å². The van der Waals surface area contributed by atoms with Gasteiger partial charge < -0.3 is 15.2 Å². The fraction of sp³-hybridized carbons (Fsp3) is 0.533. The minimum absolute atomic E-state index is 0.0904. The summed E-state index contributed by atoms with van der Waals surface area (Å²) in [6.07, 6.45) is 0.928. The van der Waals surface area contributed by atoms with Gasteiger partial charge in [0.05, 0.1) is 19.3 Å². The van der Waals surface area contributed by atoms with Crippen LogP contribution in [0, 0.1) is 17.2 Å². The number of nitrogens with one attached hydrogen (secondary N) is 1. The molecule has 0 bridgehead atoms. The summed E-state index contributed by atoms with van der Waals surface area (Å²) in [5.74, 6) is 1.13. The maximum atomic E-state index is 9.30. The number of methoxy groups -OCH3 is 1. The molecule has 1 aromatic carbocycles. The number of aliphatic hydroxyl groups excluding tert-OH is 1. The standard InChI is InChI=1S/C15H22N2O2/c1-11(2)6-14(10-18)17-9-12-4-5-15(19-3)13(7-12)8-16/h4-5,7,11,14,17-18H,6,9-10H2,1-3H3. The molecule has 1 aromatic rings. The molecule has 1 rings (SSSR count). The molecule has 0 radical (unpaired) electrons. The molecular formula is C15H22N2O2. The van der Waals surface area contributed by atoms with Gasteiger partial charge in [0, 0.05) is 12.6 Å². The van der Waals surface area contributed by atoms with Crippen LogP contribution in [-0.4, -0.2) is 24.9 Å². The van der Waals surface area contributed by atoms with E-state index in [1.165, 1.54) is 0 Å². The van der Waals surface area contributed by atoms with Gasteiger partial charge in [0.15, 0.2) is 0 Å². The minimum atomic E-state index is 0.0904. The Hall–Kier alpha value is -1.57. The van der Waals surface area contributed by atoms with Crippen LogP contribution in [-0.2, 0) is 6.54 Å². The Labute approximate surface area is 115 Å². The van der Waals surface area contributed by atoms with Crippen LogP contribution in [0.2, 0.25) is 0 Å². The molecule has 0 saturated carbocycles. The third-order valence-electron chi connectivity index (χ3n) is 2.96. The monoisotopic (exact) mass is 262 g/mol. The maximum absolute atomic E-state index is 9.30. The zero-order valence-corrected chi connectivity index (χ0v) is 11.8. The van der Waals surface area contributed by atoms with E-state index in [0.717, 1.165) is 12.0 Å². The molecule has 19 heavy (non-hydrogen) atoms. The quantitative estimate of drug-likeness (QED) is 0.789. The van der Waals surface area contributed by atoms with Crippen LogP contribution < -0.4 is 10.1 Å². The topological polar surface area (TPSA) is 65.3 Å². The average molecular weight is 262 g/mol. The molecule has 0 saturated heterocycles. The van der Waals surface area contributed by atoms with Gasteiger partial charge in [0.1, 0.15) is 11.8 Å². The molecule has 0 aromatic heterocycles. The summed E-state index contributed by atoms with van der Waals surface area (Å²) in [7, 11) is 1.55. The van der Waals surface area contributed by atoms with E-state index >= 15 is 0 Å².